The Balaban J connectivity index is 1.53. The lowest BCUT2D eigenvalue weighted by atomic mass is 10.1. The van der Waals surface area contributed by atoms with Crippen molar-refractivity contribution in [2.75, 3.05) is 5.32 Å². The van der Waals surface area contributed by atoms with Gasteiger partial charge >= 0.3 is 0 Å². The monoisotopic (exact) mass is 357 g/mol. The van der Waals surface area contributed by atoms with E-state index >= 15 is 0 Å². The number of benzene rings is 1. The topological polar surface area (TPSA) is 75.9 Å². The van der Waals surface area contributed by atoms with Crippen LogP contribution in [0, 0.1) is 11.6 Å². The number of nitrogens with zero attached hydrogens (tertiary/aromatic N) is 4. The first-order valence-corrected chi connectivity index (χ1v) is 8.32. The fraction of sp³-hybridized carbons (Fsp3) is 0.278. The quantitative estimate of drug-likeness (QED) is 0.750. The molecular formula is C18H17F2N5O. The summed E-state index contributed by atoms with van der Waals surface area (Å²) in [5.41, 5.74) is 1.35. The van der Waals surface area contributed by atoms with E-state index in [1.165, 1.54) is 18.5 Å². The Hall–Kier alpha value is -2.87. The van der Waals surface area contributed by atoms with Gasteiger partial charge in [-0.1, -0.05) is 0 Å². The third kappa shape index (κ3) is 3.28. The van der Waals surface area contributed by atoms with E-state index < -0.39 is 11.6 Å². The lowest BCUT2D eigenvalue weighted by Crippen LogP contribution is -2.31. The Morgan fingerprint density at radius 2 is 2.12 bits per heavy atom. The molecule has 134 valence electrons. The first-order chi connectivity index (χ1) is 12.6. The van der Waals surface area contributed by atoms with E-state index in [0.717, 1.165) is 24.7 Å². The van der Waals surface area contributed by atoms with Crippen molar-refractivity contribution < 1.29 is 13.9 Å². The van der Waals surface area contributed by atoms with Gasteiger partial charge in [0.1, 0.15) is 29.6 Å². The number of hydrogen-bond donors (Lipinski definition) is 2. The van der Waals surface area contributed by atoms with Crippen LogP contribution in [0.2, 0.25) is 0 Å². The Morgan fingerprint density at radius 3 is 2.92 bits per heavy atom. The van der Waals surface area contributed by atoms with Crippen molar-refractivity contribution in [3.63, 3.8) is 0 Å². The fourth-order valence-corrected chi connectivity index (χ4v) is 3.16. The molecule has 0 aliphatic carbocycles. The molecule has 3 heterocycles. The van der Waals surface area contributed by atoms with E-state index in [2.05, 4.69) is 20.3 Å². The molecule has 2 N–H and O–H groups in total. The molecular weight excluding hydrogens is 340 g/mol. The Bertz CT molecular complexity index is 943. The zero-order valence-electron chi connectivity index (χ0n) is 13.9. The molecule has 0 saturated heterocycles. The van der Waals surface area contributed by atoms with E-state index in [9.17, 15) is 8.78 Å². The van der Waals surface area contributed by atoms with Gasteiger partial charge in [-0.3, -0.25) is 0 Å². The van der Waals surface area contributed by atoms with Crippen LogP contribution in [0.15, 0.2) is 36.8 Å². The van der Waals surface area contributed by atoms with Gasteiger partial charge < -0.3 is 15.0 Å². The Kier molecular flexibility index (Phi) is 4.34. The van der Waals surface area contributed by atoms with E-state index in [-0.39, 0.29) is 12.6 Å². The van der Waals surface area contributed by atoms with Crippen molar-refractivity contribution in [2.45, 2.75) is 32.0 Å². The first kappa shape index (κ1) is 16.6. The smallest absolute Gasteiger partial charge is 0.135 e. The third-order valence-corrected chi connectivity index (χ3v) is 4.44. The summed E-state index contributed by atoms with van der Waals surface area (Å²) in [6, 6.07) is 5.35. The van der Waals surface area contributed by atoms with Gasteiger partial charge in [0, 0.05) is 42.9 Å². The third-order valence-electron chi connectivity index (χ3n) is 4.44. The molecule has 1 atom stereocenters. The maximum atomic E-state index is 14.0. The molecule has 0 bridgehead atoms. The normalized spacial score (nSPS) is 16.3. The zero-order chi connectivity index (χ0) is 18.1. The van der Waals surface area contributed by atoms with Crippen LogP contribution in [0.3, 0.4) is 0 Å². The number of rotatable bonds is 4. The second-order valence-corrected chi connectivity index (χ2v) is 6.25. The molecule has 0 fully saturated rings. The van der Waals surface area contributed by atoms with E-state index in [1.807, 2.05) is 4.57 Å². The van der Waals surface area contributed by atoms with Crippen molar-refractivity contribution in [3.05, 3.63) is 59.9 Å². The van der Waals surface area contributed by atoms with Gasteiger partial charge in [-0.15, -0.1) is 0 Å². The number of anilines is 1. The van der Waals surface area contributed by atoms with Crippen LogP contribution < -0.4 is 5.32 Å². The Morgan fingerprint density at radius 1 is 1.23 bits per heavy atom. The molecule has 3 aromatic rings. The molecule has 4 rings (SSSR count). The van der Waals surface area contributed by atoms with Gasteiger partial charge in [0.05, 0.1) is 18.0 Å². The second-order valence-electron chi connectivity index (χ2n) is 6.25. The second kappa shape index (κ2) is 6.80. The summed E-state index contributed by atoms with van der Waals surface area (Å²) in [6.07, 6.45) is 4.78. The summed E-state index contributed by atoms with van der Waals surface area (Å²) in [6.45, 7) is 0.518. The van der Waals surface area contributed by atoms with E-state index in [4.69, 9.17) is 5.11 Å². The minimum atomic E-state index is -0.618. The minimum absolute atomic E-state index is 0.129. The number of aliphatic hydroxyl groups excluding tert-OH is 1. The summed E-state index contributed by atoms with van der Waals surface area (Å²) in [5, 5.41) is 12.5. The molecule has 1 aliphatic heterocycles. The molecule has 0 spiro atoms. The van der Waals surface area contributed by atoms with Gasteiger partial charge in [0.15, 0.2) is 0 Å². The van der Waals surface area contributed by atoms with Crippen molar-refractivity contribution >= 4 is 5.82 Å². The zero-order valence-corrected chi connectivity index (χ0v) is 13.9. The summed E-state index contributed by atoms with van der Waals surface area (Å²) < 4.78 is 29.1. The highest BCUT2D eigenvalue weighted by atomic mass is 19.1. The lowest BCUT2D eigenvalue weighted by Gasteiger charge is -2.25. The summed E-state index contributed by atoms with van der Waals surface area (Å²) in [4.78, 5) is 12.6. The van der Waals surface area contributed by atoms with Crippen LogP contribution in [-0.2, 0) is 19.6 Å². The number of hydrogen-bond acceptors (Lipinski definition) is 5. The first-order valence-electron chi connectivity index (χ1n) is 8.32. The number of nitrogens with one attached hydrogen (secondary N) is 1. The molecule has 26 heavy (non-hydrogen) atoms. The number of fused-ring (bicyclic) bond motifs is 1. The summed E-state index contributed by atoms with van der Waals surface area (Å²) in [5.74, 6) is 0.308. The number of aryl methyl sites for hydroxylation is 1. The molecule has 0 radical (unpaired) electrons. The number of halogens is 2. The van der Waals surface area contributed by atoms with Crippen LogP contribution in [0.4, 0.5) is 14.6 Å². The molecule has 0 saturated carbocycles. The number of imidazole rings is 1. The molecule has 0 amide bonds. The largest absolute Gasteiger partial charge is 0.390 e. The average molecular weight is 357 g/mol. The SMILES string of the molecule is OCc1cc(NC2CCc3nc(-c4ccc(F)cc4F)cn3C2)ncn1. The van der Waals surface area contributed by atoms with E-state index in [0.29, 0.717) is 29.3 Å². The van der Waals surface area contributed by atoms with Crippen molar-refractivity contribution in [1.82, 2.24) is 19.5 Å². The van der Waals surface area contributed by atoms with Crippen molar-refractivity contribution in [3.8, 4) is 11.3 Å². The average Bonchev–Trinajstić information content (AvgIpc) is 3.04. The van der Waals surface area contributed by atoms with Gasteiger partial charge in [-0.25, -0.2) is 23.7 Å². The van der Waals surface area contributed by atoms with Gasteiger partial charge in [-0.2, -0.15) is 0 Å². The lowest BCUT2D eigenvalue weighted by molar-refractivity contribution is 0.276. The number of aliphatic hydroxyl groups is 1. The van der Waals surface area contributed by atoms with E-state index in [1.54, 1.807) is 12.3 Å². The molecule has 1 aromatic carbocycles. The summed E-state index contributed by atoms with van der Waals surface area (Å²) in [7, 11) is 0. The van der Waals surface area contributed by atoms with Crippen LogP contribution in [0.5, 0.6) is 0 Å². The maximum absolute atomic E-state index is 14.0. The molecule has 1 aliphatic rings. The minimum Gasteiger partial charge on any atom is -0.390 e. The molecule has 2 aromatic heterocycles. The highest BCUT2D eigenvalue weighted by Gasteiger charge is 2.22. The maximum Gasteiger partial charge on any atom is 0.135 e. The van der Waals surface area contributed by atoms with Crippen LogP contribution in [0.25, 0.3) is 11.3 Å². The van der Waals surface area contributed by atoms with Gasteiger partial charge in [-0.05, 0) is 18.6 Å². The molecule has 6 nitrogen and oxygen atoms in total. The molecule has 8 heteroatoms. The van der Waals surface area contributed by atoms with Crippen LogP contribution >= 0.6 is 0 Å². The van der Waals surface area contributed by atoms with Crippen molar-refractivity contribution in [1.29, 1.82) is 0 Å². The summed E-state index contributed by atoms with van der Waals surface area (Å²) >= 11 is 0. The van der Waals surface area contributed by atoms with Gasteiger partial charge in [0.2, 0.25) is 0 Å². The van der Waals surface area contributed by atoms with Crippen molar-refractivity contribution in [2.24, 2.45) is 0 Å². The van der Waals surface area contributed by atoms with Crippen LogP contribution in [0.1, 0.15) is 17.9 Å². The van der Waals surface area contributed by atoms with Gasteiger partial charge in [0.25, 0.3) is 0 Å². The Labute approximate surface area is 148 Å². The fourth-order valence-electron chi connectivity index (χ4n) is 3.16. The number of aromatic nitrogens is 4. The highest BCUT2D eigenvalue weighted by molar-refractivity contribution is 5.59. The predicted molar refractivity (Wildman–Crippen MR) is 91.3 cm³/mol. The van der Waals surface area contributed by atoms with Crippen LogP contribution in [-0.4, -0.2) is 30.7 Å². The standard InChI is InChI=1S/C18H17F2N5O/c19-11-1-3-14(15(20)5-11)16-8-25-7-12(2-4-18(25)24-16)23-17-6-13(9-26)21-10-22-17/h1,3,5-6,8,10,12,26H,2,4,7,9H2,(H,21,22,23). The molecule has 1 unspecified atom stereocenters. The highest BCUT2D eigenvalue weighted by Crippen LogP contribution is 2.26. The predicted octanol–water partition coefficient (Wildman–Crippen LogP) is 2.54.